The van der Waals surface area contributed by atoms with Crippen molar-refractivity contribution in [3.8, 4) is 0 Å². The van der Waals surface area contributed by atoms with Crippen LogP contribution in [0.25, 0.3) is 0 Å². The summed E-state index contributed by atoms with van der Waals surface area (Å²) in [6, 6.07) is 10.0. The molecule has 0 fully saturated rings. The molecule has 0 aliphatic heterocycles. The summed E-state index contributed by atoms with van der Waals surface area (Å²) in [5.41, 5.74) is 2.63. The fraction of sp³-hybridized carbons (Fsp3) is 0.231. The van der Waals surface area contributed by atoms with Gasteiger partial charge in [0.1, 0.15) is 11.5 Å². The van der Waals surface area contributed by atoms with E-state index in [0.29, 0.717) is 5.69 Å². The van der Waals surface area contributed by atoms with Crippen LogP contribution in [0.4, 0.5) is 0 Å². The number of benzene rings is 1. The van der Waals surface area contributed by atoms with Crippen molar-refractivity contribution in [1.29, 1.82) is 0 Å². The number of hydrogen-bond donors (Lipinski definition) is 1. The van der Waals surface area contributed by atoms with Gasteiger partial charge in [0.15, 0.2) is 5.78 Å². The second kappa shape index (κ2) is 4.31. The molecule has 1 N–H and O–H groups in total. The number of imidazole rings is 1. The molecule has 1 aromatic carbocycles. The zero-order valence-electron chi connectivity index (χ0n) is 9.45. The molecular weight excluding hydrogens is 200 g/mol. The van der Waals surface area contributed by atoms with Crippen LogP contribution in [0.1, 0.15) is 34.5 Å². The van der Waals surface area contributed by atoms with Gasteiger partial charge in [-0.05, 0) is 12.5 Å². The molecule has 2 aromatic rings. The SMILES string of the molecule is CC(=O)c1nc(C)[nH]c1Cc1ccccc1. The first-order valence-electron chi connectivity index (χ1n) is 5.27. The van der Waals surface area contributed by atoms with E-state index < -0.39 is 0 Å². The summed E-state index contributed by atoms with van der Waals surface area (Å²) in [6.07, 6.45) is 0.719. The Morgan fingerprint density at radius 2 is 2.00 bits per heavy atom. The molecule has 0 radical (unpaired) electrons. The van der Waals surface area contributed by atoms with Crippen molar-refractivity contribution < 1.29 is 4.79 Å². The Labute approximate surface area is 94.5 Å². The van der Waals surface area contributed by atoms with E-state index in [4.69, 9.17) is 0 Å². The number of ketones is 1. The number of H-pyrrole nitrogens is 1. The molecule has 0 atom stereocenters. The van der Waals surface area contributed by atoms with Gasteiger partial charge in [-0.3, -0.25) is 4.79 Å². The fourth-order valence-corrected chi connectivity index (χ4v) is 1.76. The molecule has 16 heavy (non-hydrogen) atoms. The molecule has 1 heterocycles. The maximum atomic E-state index is 11.4. The van der Waals surface area contributed by atoms with Gasteiger partial charge in [0, 0.05) is 13.3 Å². The number of nitrogens with one attached hydrogen (secondary N) is 1. The summed E-state index contributed by atoms with van der Waals surface area (Å²) < 4.78 is 0. The quantitative estimate of drug-likeness (QED) is 0.798. The monoisotopic (exact) mass is 214 g/mol. The molecule has 0 saturated carbocycles. The highest BCUT2D eigenvalue weighted by molar-refractivity contribution is 5.93. The van der Waals surface area contributed by atoms with Crippen molar-refractivity contribution in [3.63, 3.8) is 0 Å². The molecule has 82 valence electrons. The first-order valence-corrected chi connectivity index (χ1v) is 5.27. The highest BCUT2D eigenvalue weighted by Gasteiger charge is 2.12. The van der Waals surface area contributed by atoms with Crippen molar-refractivity contribution >= 4 is 5.78 Å². The number of aromatic nitrogens is 2. The van der Waals surface area contributed by atoms with E-state index in [9.17, 15) is 4.79 Å². The van der Waals surface area contributed by atoms with E-state index in [-0.39, 0.29) is 5.78 Å². The second-order valence-corrected chi connectivity index (χ2v) is 3.87. The van der Waals surface area contributed by atoms with Gasteiger partial charge in [-0.25, -0.2) is 4.98 Å². The van der Waals surface area contributed by atoms with Crippen LogP contribution in [0, 0.1) is 6.92 Å². The van der Waals surface area contributed by atoms with Crippen LogP contribution in [0.15, 0.2) is 30.3 Å². The highest BCUT2D eigenvalue weighted by Crippen LogP contribution is 2.12. The third-order valence-electron chi connectivity index (χ3n) is 2.45. The maximum absolute atomic E-state index is 11.4. The molecule has 0 bridgehead atoms. The lowest BCUT2D eigenvalue weighted by molar-refractivity contribution is 0.101. The predicted molar refractivity (Wildman–Crippen MR) is 62.6 cm³/mol. The van der Waals surface area contributed by atoms with Crippen LogP contribution in [0.2, 0.25) is 0 Å². The molecule has 0 aliphatic rings. The molecule has 0 spiro atoms. The summed E-state index contributed by atoms with van der Waals surface area (Å²) in [6.45, 7) is 3.41. The van der Waals surface area contributed by atoms with Gasteiger partial charge < -0.3 is 4.98 Å². The van der Waals surface area contributed by atoms with E-state index in [0.717, 1.165) is 17.9 Å². The Bertz CT molecular complexity index is 500. The average molecular weight is 214 g/mol. The molecule has 3 heteroatoms. The summed E-state index contributed by atoms with van der Waals surface area (Å²) in [5, 5.41) is 0. The van der Waals surface area contributed by atoms with Gasteiger partial charge in [-0.15, -0.1) is 0 Å². The minimum Gasteiger partial charge on any atom is -0.345 e. The van der Waals surface area contributed by atoms with Gasteiger partial charge in [0.25, 0.3) is 0 Å². The van der Waals surface area contributed by atoms with Crippen LogP contribution in [-0.4, -0.2) is 15.8 Å². The van der Waals surface area contributed by atoms with Crippen LogP contribution in [0.5, 0.6) is 0 Å². The molecule has 0 unspecified atom stereocenters. The fourth-order valence-electron chi connectivity index (χ4n) is 1.76. The molecule has 3 nitrogen and oxygen atoms in total. The topological polar surface area (TPSA) is 45.8 Å². The predicted octanol–water partition coefficient (Wildman–Crippen LogP) is 2.51. The first kappa shape index (κ1) is 10.6. The lowest BCUT2D eigenvalue weighted by Gasteiger charge is -2.00. The summed E-state index contributed by atoms with van der Waals surface area (Å²) >= 11 is 0. The molecule has 0 aliphatic carbocycles. The molecule has 1 aromatic heterocycles. The zero-order chi connectivity index (χ0) is 11.5. The van der Waals surface area contributed by atoms with Crippen molar-refractivity contribution in [1.82, 2.24) is 9.97 Å². The number of carbonyl (C=O) groups excluding carboxylic acids is 1. The number of aromatic amines is 1. The maximum Gasteiger partial charge on any atom is 0.179 e. The van der Waals surface area contributed by atoms with Crippen molar-refractivity contribution in [3.05, 3.63) is 53.1 Å². The van der Waals surface area contributed by atoms with Crippen LogP contribution in [-0.2, 0) is 6.42 Å². The van der Waals surface area contributed by atoms with Gasteiger partial charge in [0.05, 0.1) is 5.69 Å². The lowest BCUT2D eigenvalue weighted by atomic mass is 10.1. The summed E-state index contributed by atoms with van der Waals surface area (Å²) in [7, 11) is 0. The molecule has 0 saturated heterocycles. The van der Waals surface area contributed by atoms with E-state index >= 15 is 0 Å². The van der Waals surface area contributed by atoms with Gasteiger partial charge in [-0.2, -0.15) is 0 Å². The lowest BCUT2D eigenvalue weighted by Crippen LogP contribution is -1.99. The number of carbonyl (C=O) groups is 1. The molecule has 2 rings (SSSR count). The van der Waals surface area contributed by atoms with Crippen LogP contribution < -0.4 is 0 Å². The molecular formula is C13H14N2O. The van der Waals surface area contributed by atoms with E-state index in [1.807, 2.05) is 37.3 Å². The Balaban J connectivity index is 2.31. The highest BCUT2D eigenvalue weighted by atomic mass is 16.1. The van der Waals surface area contributed by atoms with E-state index in [1.54, 1.807) is 6.92 Å². The summed E-state index contributed by atoms with van der Waals surface area (Å²) in [4.78, 5) is 18.7. The number of nitrogens with zero attached hydrogens (tertiary/aromatic N) is 1. The normalized spacial score (nSPS) is 10.4. The third kappa shape index (κ3) is 2.19. The number of hydrogen-bond acceptors (Lipinski definition) is 2. The minimum atomic E-state index is 0.00952. The van der Waals surface area contributed by atoms with Gasteiger partial charge in [0.2, 0.25) is 0 Å². The number of aryl methyl sites for hydroxylation is 1. The largest absolute Gasteiger partial charge is 0.345 e. The number of Topliss-reactive ketones (excluding diaryl/α,β-unsaturated/α-hetero) is 1. The smallest absolute Gasteiger partial charge is 0.179 e. The van der Waals surface area contributed by atoms with Crippen LogP contribution in [0.3, 0.4) is 0 Å². The third-order valence-corrected chi connectivity index (χ3v) is 2.45. The Hall–Kier alpha value is -1.90. The van der Waals surface area contributed by atoms with Crippen LogP contribution >= 0.6 is 0 Å². The molecule has 0 amide bonds. The van der Waals surface area contributed by atoms with Crippen molar-refractivity contribution in [2.24, 2.45) is 0 Å². The van der Waals surface area contributed by atoms with Gasteiger partial charge in [-0.1, -0.05) is 30.3 Å². The Kier molecular flexibility index (Phi) is 2.86. The van der Waals surface area contributed by atoms with E-state index in [1.165, 1.54) is 5.56 Å². The average Bonchev–Trinajstić information content (AvgIpc) is 2.61. The standard InChI is InChI=1S/C13H14N2O/c1-9(16)13-12(14-10(2)15-13)8-11-6-4-3-5-7-11/h3-7H,8H2,1-2H3,(H,14,15). The van der Waals surface area contributed by atoms with Gasteiger partial charge >= 0.3 is 0 Å². The Morgan fingerprint density at radius 1 is 1.31 bits per heavy atom. The van der Waals surface area contributed by atoms with Crippen molar-refractivity contribution in [2.45, 2.75) is 20.3 Å². The zero-order valence-corrected chi connectivity index (χ0v) is 9.45. The first-order chi connectivity index (χ1) is 7.66. The summed E-state index contributed by atoms with van der Waals surface area (Å²) in [5.74, 6) is 0.798. The Morgan fingerprint density at radius 3 is 2.62 bits per heavy atom. The second-order valence-electron chi connectivity index (χ2n) is 3.87. The van der Waals surface area contributed by atoms with E-state index in [2.05, 4.69) is 9.97 Å². The minimum absolute atomic E-state index is 0.00952. The van der Waals surface area contributed by atoms with Crippen molar-refractivity contribution in [2.75, 3.05) is 0 Å². The number of rotatable bonds is 3.